The summed E-state index contributed by atoms with van der Waals surface area (Å²) < 4.78 is 15.9. The lowest BCUT2D eigenvalue weighted by molar-refractivity contribution is -0.130. The smallest absolute Gasteiger partial charge is 0.269 e. The van der Waals surface area contributed by atoms with Gasteiger partial charge in [0, 0.05) is 22.4 Å². The zero-order chi connectivity index (χ0) is 26.5. The highest BCUT2D eigenvalue weighted by Gasteiger charge is 2.35. The topological polar surface area (TPSA) is 126 Å². The number of nitrogens with one attached hydrogen (secondary N) is 2. The highest BCUT2D eigenvalue weighted by Crippen LogP contribution is 2.41. The Kier molecular flexibility index (Phi) is 7.73. The first-order valence-electron chi connectivity index (χ1n) is 11.1. The van der Waals surface area contributed by atoms with Crippen molar-refractivity contribution >= 4 is 35.2 Å². The minimum atomic E-state index is -0.547. The molecule has 1 aliphatic rings. The summed E-state index contributed by atoms with van der Waals surface area (Å²) in [5.74, 6) is 0.0796. The van der Waals surface area contributed by atoms with Crippen molar-refractivity contribution < 1.29 is 33.7 Å². The number of rotatable bonds is 8. The Balaban J connectivity index is 1.45. The third-order valence-corrected chi connectivity index (χ3v) is 6.82. The van der Waals surface area contributed by atoms with E-state index in [2.05, 4.69) is 10.7 Å². The fourth-order valence-corrected chi connectivity index (χ4v) is 4.90. The van der Waals surface area contributed by atoms with Crippen LogP contribution in [0.4, 0.5) is 5.69 Å². The van der Waals surface area contributed by atoms with Gasteiger partial charge in [0.15, 0.2) is 11.5 Å². The normalized spacial score (nSPS) is 14.7. The van der Waals surface area contributed by atoms with Gasteiger partial charge in [-0.1, -0.05) is 18.2 Å². The first-order valence-corrected chi connectivity index (χ1v) is 12.1. The number of ether oxygens (including phenoxy) is 3. The highest BCUT2D eigenvalue weighted by molar-refractivity contribution is 8.00. The SMILES string of the molecule is COc1cc(C(=O)Nc2ccc(C(=O)NN3C(=O)CSC3c3ccccc3O)cc2)cc(OC)c1OC. The van der Waals surface area contributed by atoms with Crippen molar-refractivity contribution in [1.82, 2.24) is 10.4 Å². The van der Waals surface area contributed by atoms with E-state index in [4.69, 9.17) is 14.2 Å². The molecule has 4 rings (SSSR count). The van der Waals surface area contributed by atoms with Gasteiger partial charge in [-0.05, 0) is 42.5 Å². The summed E-state index contributed by atoms with van der Waals surface area (Å²) in [6.07, 6.45) is 0. The molecule has 3 amide bonds. The molecule has 10 nitrogen and oxygen atoms in total. The van der Waals surface area contributed by atoms with Crippen LogP contribution in [-0.2, 0) is 4.79 Å². The number of hydrazine groups is 1. The van der Waals surface area contributed by atoms with Crippen molar-refractivity contribution in [2.24, 2.45) is 0 Å². The number of thioether (sulfide) groups is 1. The van der Waals surface area contributed by atoms with Gasteiger partial charge in [0.1, 0.15) is 11.1 Å². The second kappa shape index (κ2) is 11.1. The minimum Gasteiger partial charge on any atom is -0.508 e. The Morgan fingerprint density at radius 1 is 0.919 bits per heavy atom. The molecule has 1 unspecified atom stereocenters. The van der Waals surface area contributed by atoms with E-state index >= 15 is 0 Å². The summed E-state index contributed by atoms with van der Waals surface area (Å²) in [5, 5.41) is 13.6. The lowest BCUT2D eigenvalue weighted by Crippen LogP contribution is -2.44. The van der Waals surface area contributed by atoms with E-state index in [1.165, 1.54) is 68.4 Å². The van der Waals surface area contributed by atoms with Crippen LogP contribution in [0.3, 0.4) is 0 Å². The Bertz CT molecular complexity index is 1300. The van der Waals surface area contributed by atoms with Crippen molar-refractivity contribution in [1.29, 1.82) is 0 Å². The molecule has 192 valence electrons. The maximum atomic E-state index is 12.9. The number of amides is 3. The Morgan fingerprint density at radius 2 is 1.57 bits per heavy atom. The number of benzene rings is 3. The van der Waals surface area contributed by atoms with Gasteiger partial charge in [0.25, 0.3) is 17.7 Å². The molecular weight excluding hydrogens is 498 g/mol. The van der Waals surface area contributed by atoms with E-state index in [1.54, 1.807) is 30.3 Å². The van der Waals surface area contributed by atoms with Gasteiger partial charge < -0.3 is 24.6 Å². The molecule has 1 saturated heterocycles. The number of phenolic OH excluding ortho intramolecular Hbond substituents is 1. The number of aromatic hydroxyl groups is 1. The number of hydrogen-bond donors (Lipinski definition) is 3. The zero-order valence-electron chi connectivity index (χ0n) is 20.3. The second-order valence-corrected chi connectivity index (χ2v) is 8.94. The van der Waals surface area contributed by atoms with Gasteiger partial charge in [0.2, 0.25) is 5.75 Å². The summed E-state index contributed by atoms with van der Waals surface area (Å²) in [6.45, 7) is 0. The fraction of sp³-hybridized carbons (Fsp3) is 0.192. The predicted octanol–water partition coefficient (Wildman–Crippen LogP) is 3.59. The largest absolute Gasteiger partial charge is 0.508 e. The Hall–Kier alpha value is -4.38. The van der Waals surface area contributed by atoms with Crippen LogP contribution < -0.4 is 25.0 Å². The summed E-state index contributed by atoms with van der Waals surface area (Å²) in [7, 11) is 4.39. The van der Waals surface area contributed by atoms with Crippen molar-refractivity contribution in [3.63, 3.8) is 0 Å². The average Bonchev–Trinajstić information content (AvgIpc) is 3.27. The monoisotopic (exact) mass is 523 g/mol. The van der Waals surface area contributed by atoms with Crippen LogP contribution in [0.5, 0.6) is 23.0 Å². The molecule has 11 heteroatoms. The first kappa shape index (κ1) is 25.7. The summed E-state index contributed by atoms with van der Waals surface area (Å²) in [4.78, 5) is 38.1. The number of carbonyl (C=O) groups excluding carboxylic acids is 3. The molecule has 0 spiro atoms. The van der Waals surface area contributed by atoms with E-state index < -0.39 is 17.2 Å². The molecule has 37 heavy (non-hydrogen) atoms. The van der Waals surface area contributed by atoms with E-state index in [1.807, 2.05) is 0 Å². The molecule has 0 saturated carbocycles. The summed E-state index contributed by atoms with van der Waals surface area (Å²) in [6, 6.07) is 16.0. The van der Waals surface area contributed by atoms with Gasteiger partial charge in [-0.25, -0.2) is 5.01 Å². The van der Waals surface area contributed by atoms with Crippen LogP contribution in [-0.4, -0.2) is 54.9 Å². The number of hydrogen-bond acceptors (Lipinski definition) is 8. The van der Waals surface area contributed by atoms with Crippen molar-refractivity contribution in [2.75, 3.05) is 32.4 Å². The molecular formula is C26H25N3O7S. The van der Waals surface area contributed by atoms with Crippen LogP contribution >= 0.6 is 11.8 Å². The average molecular weight is 524 g/mol. The predicted molar refractivity (Wildman–Crippen MR) is 138 cm³/mol. The van der Waals surface area contributed by atoms with Gasteiger partial charge in [-0.15, -0.1) is 11.8 Å². The third-order valence-electron chi connectivity index (χ3n) is 5.62. The maximum Gasteiger partial charge on any atom is 0.269 e. The van der Waals surface area contributed by atoms with E-state index in [0.29, 0.717) is 28.5 Å². The van der Waals surface area contributed by atoms with Crippen molar-refractivity contribution in [3.8, 4) is 23.0 Å². The van der Waals surface area contributed by atoms with E-state index in [0.717, 1.165) is 0 Å². The Morgan fingerprint density at radius 3 is 2.16 bits per heavy atom. The highest BCUT2D eigenvalue weighted by atomic mass is 32.2. The van der Waals surface area contributed by atoms with E-state index in [9.17, 15) is 19.5 Å². The van der Waals surface area contributed by atoms with E-state index in [-0.39, 0.29) is 28.5 Å². The molecule has 0 aliphatic carbocycles. The lowest BCUT2D eigenvalue weighted by Gasteiger charge is -2.25. The maximum absolute atomic E-state index is 12.9. The van der Waals surface area contributed by atoms with Gasteiger partial charge >= 0.3 is 0 Å². The minimum absolute atomic E-state index is 0.0427. The Labute approximate surface area is 217 Å². The third kappa shape index (κ3) is 5.41. The molecule has 0 bridgehead atoms. The second-order valence-electron chi connectivity index (χ2n) is 7.87. The quantitative estimate of drug-likeness (QED) is 0.409. The van der Waals surface area contributed by atoms with Crippen LogP contribution in [0, 0.1) is 0 Å². The fourth-order valence-electron chi connectivity index (χ4n) is 3.77. The molecule has 3 aromatic carbocycles. The summed E-state index contributed by atoms with van der Waals surface area (Å²) in [5.41, 5.74) is 4.19. The van der Waals surface area contributed by atoms with Gasteiger partial charge in [-0.2, -0.15) is 0 Å². The van der Waals surface area contributed by atoms with Crippen LogP contribution in [0.1, 0.15) is 31.7 Å². The molecule has 0 radical (unpaired) electrons. The number of carbonyl (C=O) groups is 3. The van der Waals surface area contributed by atoms with Crippen LogP contribution in [0.25, 0.3) is 0 Å². The molecule has 0 aromatic heterocycles. The molecule has 3 aromatic rings. The van der Waals surface area contributed by atoms with Crippen LogP contribution in [0.2, 0.25) is 0 Å². The number of phenols is 1. The van der Waals surface area contributed by atoms with Gasteiger partial charge in [0.05, 0.1) is 27.1 Å². The number of anilines is 1. The standard InChI is InChI=1S/C26H25N3O7S/c1-34-20-12-16(13-21(35-2)23(20)36-3)24(32)27-17-10-8-15(9-11-17)25(33)28-29-22(31)14-37-26(29)18-6-4-5-7-19(18)30/h4-13,26,30H,14H2,1-3H3,(H,27,32)(H,28,33). The molecule has 1 heterocycles. The summed E-state index contributed by atoms with van der Waals surface area (Å²) >= 11 is 1.31. The molecule has 1 fully saturated rings. The van der Waals surface area contributed by atoms with Gasteiger partial charge in [-0.3, -0.25) is 19.8 Å². The zero-order valence-corrected chi connectivity index (χ0v) is 21.1. The van der Waals surface area contributed by atoms with Crippen LogP contribution in [0.15, 0.2) is 60.7 Å². The lowest BCUT2D eigenvalue weighted by atomic mass is 10.1. The first-order chi connectivity index (χ1) is 17.9. The number of para-hydroxylation sites is 1. The number of nitrogens with zero attached hydrogens (tertiary/aromatic N) is 1. The molecule has 1 atom stereocenters. The van der Waals surface area contributed by atoms with Crippen molar-refractivity contribution in [2.45, 2.75) is 5.37 Å². The molecule has 1 aliphatic heterocycles. The number of methoxy groups -OCH3 is 3. The van der Waals surface area contributed by atoms with Crippen molar-refractivity contribution in [3.05, 3.63) is 77.4 Å². The molecule has 3 N–H and O–H groups in total.